The number of rotatable bonds is 3. The number of nitrogens with one attached hydrogen (secondary N) is 1. The van der Waals surface area contributed by atoms with Gasteiger partial charge in [-0.05, 0) is 62.7 Å². The Morgan fingerprint density at radius 1 is 1.33 bits per heavy atom. The fourth-order valence-corrected chi connectivity index (χ4v) is 5.48. The van der Waals surface area contributed by atoms with E-state index in [1.165, 1.54) is 19.3 Å². The summed E-state index contributed by atoms with van der Waals surface area (Å²) in [5, 5.41) is 3.11. The van der Waals surface area contributed by atoms with E-state index in [1.54, 1.807) is 0 Å². The van der Waals surface area contributed by atoms with E-state index >= 15 is 0 Å². The van der Waals surface area contributed by atoms with Crippen molar-refractivity contribution in [2.45, 2.75) is 57.7 Å². The monoisotopic (exact) mass is 269 g/mol. The maximum absolute atomic E-state index is 12.6. The summed E-state index contributed by atoms with van der Waals surface area (Å²) in [6.07, 6.45) is 7.43. The summed E-state index contributed by atoms with van der Waals surface area (Å²) in [6, 6.07) is 0. The van der Waals surface area contributed by atoms with Gasteiger partial charge < -0.3 is 5.32 Å². The molecule has 1 N–H and O–H groups in total. The molecular weight excluding hydrogens is 246 g/mol. The van der Waals surface area contributed by atoms with E-state index in [4.69, 9.17) is 11.6 Å². The van der Waals surface area contributed by atoms with Crippen molar-refractivity contribution >= 4 is 17.5 Å². The number of carbonyl (C=O) groups excluding carboxylic acids is 1. The van der Waals surface area contributed by atoms with E-state index in [0.29, 0.717) is 12.0 Å². The van der Waals surface area contributed by atoms with E-state index in [2.05, 4.69) is 12.2 Å². The van der Waals surface area contributed by atoms with Gasteiger partial charge in [-0.1, -0.05) is 6.92 Å². The molecule has 3 unspecified atom stereocenters. The normalized spacial score (nSPS) is 47.1. The second kappa shape index (κ2) is 4.13. The third-order valence-electron chi connectivity index (χ3n) is 5.38. The number of carbonyl (C=O) groups is 1. The third kappa shape index (κ3) is 2.07. The highest BCUT2D eigenvalue weighted by Crippen LogP contribution is 2.65. The average molecular weight is 270 g/mol. The largest absolute Gasteiger partial charge is 0.354 e. The number of amides is 1. The molecule has 4 saturated carbocycles. The summed E-state index contributed by atoms with van der Waals surface area (Å²) in [5.74, 6) is 1.89. The Kier molecular flexibility index (Phi) is 2.93. The topological polar surface area (TPSA) is 29.1 Å². The Hall–Kier alpha value is -0.240. The smallest absolute Gasteiger partial charge is 0.226 e. The predicted molar refractivity (Wildman–Crippen MR) is 73.5 cm³/mol. The van der Waals surface area contributed by atoms with Crippen molar-refractivity contribution in [1.29, 1.82) is 0 Å². The van der Waals surface area contributed by atoms with Gasteiger partial charge in [-0.25, -0.2) is 0 Å². The van der Waals surface area contributed by atoms with Gasteiger partial charge in [0, 0.05) is 11.9 Å². The Labute approximate surface area is 115 Å². The molecule has 0 aliphatic heterocycles. The van der Waals surface area contributed by atoms with Crippen LogP contribution in [-0.4, -0.2) is 17.8 Å². The van der Waals surface area contributed by atoms with Gasteiger partial charge in [-0.3, -0.25) is 4.79 Å². The molecule has 0 aromatic rings. The summed E-state index contributed by atoms with van der Waals surface area (Å²) >= 11 is 5.94. The van der Waals surface area contributed by atoms with Crippen LogP contribution < -0.4 is 5.32 Å². The zero-order valence-electron chi connectivity index (χ0n) is 11.5. The van der Waals surface area contributed by atoms with Crippen LogP contribution in [0.1, 0.15) is 52.4 Å². The lowest BCUT2D eigenvalue weighted by Crippen LogP contribution is -2.57. The van der Waals surface area contributed by atoms with Crippen molar-refractivity contribution in [2.24, 2.45) is 22.7 Å². The van der Waals surface area contributed by atoms with E-state index in [-0.39, 0.29) is 16.7 Å². The van der Waals surface area contributed by atoms with Crippen molar-refractivity contribution in [3.63, 3.8) is 0 Å². The molecule has 18 heavy (non-hydrogen) atoms. The first-order chi connectivity index (χ1) is 8.41. The van der Waals surface area contributed by atoms with Crippen LogP contribution in [0.3, 0.4) is 0 Å². The molecule has 4 bridgehead atoms. The van der Waals surface area contributed by atoms with Crippen LogP contribution >= 0.6 is 11.6 Å². The maximum Gasteiger partial charge on any atom is 0.226 e. The minimum atomic E-state index is -0.0510. The van der Waals surface area contributed by atoms with Crippen molar-refractivity contribution in [3.05, 3.63) is 0 Å². The number of halogens is 1. The molecule has 0 aromatic carbocycles. The highest BCUT2D eigenvalue weighted by atomic mass is 35.5. The lowest BCUT2D eigenvalue weighted by Gasteiger charge is -2.60. The van der Waals surface area contributed by atoms with Gasteiger partial charge in [0.05, 0.1) is 5.41 Å². The molecule has 3 heteroatoms. The van der Waals surface area contributed by atoms with Gasteiger partial charge in [0.15, 0.2) is 0 Å². The minimum Gasteiger partial charge on any atom is -0.354 e. The summed E-state index contributed by atoms with van der Waals surface area (Å²) in [7, 11) is 0. The molecule has 0 aromatic heterocycles. The molecule has 0 spiro atoms. The second-order valence-electron chi connectivity index (χ2n) is 7.54. The summed E-state index contributed by atoms with van der Waals surface area (Å²) in [6.45, 7) is 4.94. The lowest BCUT2D eigenvalue weighted by molar-refractivity contribution is -0.155. The number of hydrogen-bond donors (Lipinski definition) is 1. The summed E-state index contributed by atoms with van der Waals surface area (Å²) < 4.78 is 0. The van der Waals surface area contributed by atoms with Crippen molar-refractivity contribution in [2.75, 3.05) is 6.54 Å². The molecule has 4 rings (SSSR count). The molecule has 1 amide bonds. The van der Waals surface area contributed by atoms with Crippen LogP contribution in [0.2, 0.25) is 0 Å². The second-order valence-corrected chi connectivity index (χ2v) is 8.29. The highest BCUT2D eigenvalue weighted by molar-refractivity contribution is 6.20. The Balaban J connectivity index is 1.76. The van der Waals surface area contributed by atoms with Crippen molar-refractivity contribution in [3.8, 4) is 0 Å². The number of alkyl halides is 1. The molecule has 2 nitrogen and oxygen atoms in total. The molecule has 4 aliphatic rings. The van der Waals surface area contributed by atoms with Gasteiger partial charge in [0.2, 0.25) is 5.91 Å². The van der Waals surface area contributed by atoms with E-state index in [0.717, 1.165) is 31.1 Å². The van der Waals surface area contributed by atoms with E-state index in [1.807, 2.05) is 6.92 Å². The SMILES string of the molecule is CC(Cl)CNC(=O)C12CC3CC(CC(C)(C3)C1)C2. The van der Waals surface area contributed by atoms with Crippen LogP contribution in [-0.2, 0) is 4.79 Å². The highest BCUT2D eigenvalue weighted by Gasteiger charge is 2.58. The zero-order chi connectivity index (χ0) is 13.0. The van der Waals surface area contributed by atoms with Gasteiger partial charge in [0.1, 0.15) is 0 Å². The first-order valence-corrected chi connectivity index (χ1v) is 7.77. The first-order valence-electron chi connectivity index (χ1n) is 7.33. The molecule has 0 saturated heterocycles. The van der Waals surface area contributed by atoms with Crippen molar-refractivity contribution in [1.82, 2.24) is 5.32 Å². The predicted octanol–water partition coefficient (Wildman–Crippen LogP) is 3.34. The van der Waals surface area contributed by atoms with Crippen LogP contribution in [0.5, 0.6) is 0 Å². The van der Waals surface area contributed by atoms with Gasteiger partial charge in [-0.2, -0.15) is 0 Å². The zero-order valence-corrected chi connectivity index (χ0v) is 12.2. The molecule has 0 heterocycles. The Bertz CT molecular complexity index is 352. The maximum atomic E-state index is 12.6. The molecule has 0 radical (unpaired) electrons. The van der Waals surface area contributed by atoms with Crippen LogP contribution in [0.4, 0.5) is 0 Å². The quantitative estimate of drug-likeness (QED) is 0.783. The van der Waals surface area contributed by atoms with Crippen LogP contribution in [0, 0.1) is 22.7 Å². The van der Waals surface area contributed by atoms with E-state index in [9.17, 15) is 4.79 Å². The van der Waals surface area contributed by atoms with Crippen molar-refractivity contribution < 1.29 is 4.79 Å². The van der Waals surface area contributed by atoms with Gasteiger partial charge in [-0.15, -0.1) is 11.6 Å². The summed E-state index contributed by atoms with van der Waals surface area (Å²) in [5.41, 5.74) is 0.388. The number of hydrogen-bond acceptors (Lipinski definition) is 1. The lowest BCUT2D eigenvalue weighted by atomic mass is 9.44. The standard InChI is InChI=1S/C15H24ClNO/c1-10(16)8-17-13(18)15-6-11-3-12(7-15)5-14(2,4-11)9-15/h10-12H,3-9H2,1-2H3,(H,17,18). The van der Waals surface area contributed by atoms with Gasteiger partial charge in [0.25, 0.3) is 0 Å². The van der Waals surface area contributed by atoms with Crippen LogP contribution in [0.25, 0.3) is 0 Å². The summed E-state index contributed by atoms with van der Waals surface area (Å²) in [4.78, 5) is 12.6. The first kappa shape index (κ1) is 12.8. The Morgan fingerprint density at radius 3 is 2.44 bits per heavy atom. The molecule has 3 atom stereocenters. The fourth-order valence-electron chi connectivity index (χ4n) is 5.41. The fraction of sp³-hybridized carbons (Fsp3) is 0.933. The Morgan fingerprint density at radius 2 is 1.94 bits per heavy atom. The third-order valence-corrected chi connectivity index (χ3v) is 5.53. The van der Waals surface area contributed by atoms with Crippen LogP contribution in [0.15, 0.2) is 0 Å². The average Bonchev–Trinajstić information content (AvgIpc) is 2.22. The van der Waals surface area contributed by atoms with E-state index < -0.39 is 0 Å². The molecule has 102 valence electrons. The van der Waals surface area contributed by atoms with Gasteiger partial charge >= 0.3 is 0 Å². The minimum absolute atomic E-state index is 0.0263. The molecular formula is C15H24ClNO. The molecule has 4 fully saturated rings. The molecule has 4 aliphatic carbocycles.